The van der Waals surface area contributed by atoms with Crippen molar-refractivity contribution in [2.24, 2.45) is 0 Å². The van der Waals surface area contributed by atoms with Crippen LogP contribution in [0.3, 0.4) is 0 Å². The van der Waals surface area contributed by atoms with Gasteiger partial charge in [0.15, 0.2) is 5.13 Å². The summed E-state index contributed by atoms with van der Waals surface area (Å²) in [5.74, 6) is -0.934. The van der Waals surface area contributed by atoms with E-state index in [9.17, 15) is 9.18 Å². The van der Waals surface area contributed by atoms with Gasteiger partial charge in [0.1, 0.15) is 5.82 Å². The average Bonchev–Trinajstić information content (AvgIpc) is 2.79. The van der Waals surface area contributed by atoms with Gasteiger partial charge in [0.25, 0.3) is 5.91 Å². The van der Waals surface area contributed by atoms with E-state index in [2.05, 4.69) is 10.3 Å². The fraction of sp³-hybridized carbons (Fsp3) is 0. The van der Waals surface area contributed by atoms with Gasteiger partial charge in [0, 0.05) is 5.02 Å². The van der Waals surface area contributed by atoms with Gasteiger partial charge in [-0.2, -0.15) is 0 Å². The minimum Gasteiger partial charge on any atom is -0.298 e. The Kier molecular flexibility index (Phi) is 3.80. The first-order chi connectivity index (χ1) is 10.0. The van der Waals surface area contributed by atoms with Crippen molar-refractivity contribution >= 4 is 55.8 Å². The van der Waals surface area contributed by atoms with Crippen LogP contribution in [0.1, 0.15) is 10.4 Å². The van der Waals surface area contributed by atoms with Crippen LogP contribution in [0.2, 0.25) is 10.0 Å². The Labute approximate surface area is 133 Å². The number of benzene rings is 2. The van der Waals surface area contributed by atoms with E-state index in [4.69, 9.17) is 23.2 Å². The molecule has 0 atom stereocenters. The second kappa shape index (κ2) is 5.60. The van der Waals surface area contributed by atoms with Crippen LogP contribution in [0.25, 0.3) is 10.2 Å². The number of rotatable bonds is 2. The van der Waals surface area contributed by atoms with Crippen LogP contribution < -0.4 is 5.32 Å². The maximum Gasteiger partial charge on any atom is 0.258 e. The minimum absolute atomic E-state index is 0.0525. The third-order valence-electron chi connectivity index (χ3n) is 2.75. The van der Waals surface area contributed by atoms with Crippen LogP contribution >= 0.6 is 34.5 Å². The summed E-state index contributed by atoms with van der Waals surface area (Å²) in [6.45, 7) is 0. The first-order valence-electron chi connectivity index (χ1n) is 5.85. The van der Waals surface area contributed by atoms with Gasteiger partial charge >= 0.3 is 0 Å². The third-order valence-corrected chi connectivity index (χ3v) is 4.23. The van der Waals surface area contributed by atoms with Crippen molar-refractivity contribution in [2.45, 2.75) is 0 Å². The molecule has 3 aromatic rings. The first-order valence-corrected chi connectivity index (χ1v) is 7.43. The van der Waals surface area contributed by atoms with Gasteiger partial charge in [0.2, 0.25) is 0 Å². The molecule has 7 heteroatoms. The van der Waals surface area contributed by atoms with Crippen LogP contribution in [-0.4, -0.2) is 10.9 Å². The number of carbonyl (C=O) groups is 1. The van der Waals surface area contributed by atoms with E-state index >= 15 is 0 Å². The third kappa shape index (κ3) is 3.00. The summed E-state index contributed by atoms with van der Waals surface area (Å²) < 4.78 is 13.8. The van der Waals surface area contributed by atoms with E-state index < -0.39 is 11.7 Å². The Morgan fingerprint density at radius 2 is 2.00 bits per heavy atom. The summed E-state index contributed by atoms with van der Waals surface area (Å²) in [6.07, 6.45) is 0. The highest BCUT2D eigenvalue weighted by molar-refractivity contribution is 7.22. The Balaban J connectivity index is 1.89. The average molecular weight is 341 g/mol. The number of aromatic nitrogens is 1. The number of nitrogens with zero attached hydrogens (tertiary/aromatic N) is 1. The van der Waals surface area contributed by atoms with E-state index in [0.29, 0.717) is 10.2 Å². The van der Waals surface area contributed by atoms with E-state index in [0.717, 1.165) is 16.3 Å². The highest BCUT2D eigenvalue weighted by Gasteiger charge is 2.13. The molecule has 0 aliphatic heterocycles. The summed E-state index contributed by atoms with van der Waals surface area (Å²) in [7, 11) is 0. The zero-order chi connectivity index (χ0) is 15.0. The zero-order valence-electron chi connectivity index (χ0n) is 10.4. The van der Waals surface area contributed by atoms with Gasteiger partial charge in [0.05, 0.1) is 20.8 Å². The number of hydrogen-bond acceptors (Lipinski definition) is 3. The van der Waals surface area contributed by atoms with E-state index in [1.807, 2.05) is 0 Å². The van der Waals surface area contributed by atoms with Crippen LogP contribution in [-0.2, 0) is 0 Å². The summed E-state index contributed by atoms with van der Waals surface area (Å²) in [5.41, 5.74) is 0.931. The van der Waals surface area contributed by atoms with Gasteiger partial charge in [-0.25, -0.2) is 9.37 Å². The Morgan fingerprint density at radius 1 is 1.19 bits per heavy atom. The molecule has 0 bridgehead atoms. The van der Waals surface area contributed by atoms with Crippen molar-refractivity contribution in [3.8, 4) is 0 Å². The molecular formula is C14H7Cl2FN2OS. The van der Waals surface area contributed by atoms with Crippen molar-refractivity contribution in [2.75, 3.05) is 5.32 Å². The molecule has 0 aliphatic carbocycles. The van der Waals surface area contributed by atoms with Crippen molar-refractivity contribution in [1.29, 1.82) is 0 Å². The molecule has 0 saturated carbocycles. The highest BCUT2D eigenvalue weighted by Crippen LogP contribution is 2.29. The maximum atomic E-state index is 13.0. The summed E-state index contributed by atoms with van der Waals surface area (Å²) in [5, 5.41) is 3.73. The lowest BCUT2D eigenvalue weighted by Gasteiger charge is -2.03. The van der Waals surface area contributed by atoms with E-state index in [1.54, 1.807) is 18.2 Å². The molecule has 1 aromatic heterocycles. The number of nitrogens with one attached hydrogen (secondary N) is 1. The molecule has 1 N–H and O–H groups in total. The first kappa shape index (κ1) is 14.3. The molecule has 1 amide bonds. The lowest BCUT2D eigenvalue weighted by atomic mass is 10.2. The summed E-state index contributed by atoms with van der Waals surface area (Å²) in [6, 6.07) is 8.88. The molecule has 0 saturated heterocycles. The number of amides is 1. The second-order valence-corrected chi connectivity index (χ2v) is 6.08. The van der Waals surface area contributed by atoms with Crippen molar-refractivity contribution in [1.82, 2.24) is 4.98 Å². The number of anilines is 1. The van der Waals surface area contributed by atoms with Gasteiger partial charge in [-0.15, -0.1) is 0 Å². The minimum atomic E-state index is -0.494. The van der Waals surface area contributed by atoms with E-state index in [-0.39, 0.29) is 10.6 Å². The highest BCUT2D eigenvalue weighted by atomic mass is 35.5. The number of thiazole rings is 1. The van der Waals surface area contributed by atoms with Gasteiger partial charge < -0.3 is 0 Å². The molecule has 0 unspecified atom stereocenters. The smallest absolute Gasteiger partial charge is 0.258 e. The fourth-order valence-corrected chi connectivity index (χ4v) is 3.18. The number of carbonyl (C=O) groups excluding carboxylic acids is 1. The van der Waals surface area contributed by atoms with Crippen LogP contribution in [0.4, 0.5) is 9.52 Å². The predicted molar refractivity (Wildman–Crippen MR) is 84.0 cm³/mol. The van der Waals surface area contributed by atoms with Crippen LogP contribution in [0, 0.1) is 5.82 Å². The quantitative estimate of drug-likeness (QED) is 0.713. The molecule has 0 fully saturated rings. The Hall–Kier alpha value is -1.69. The molecule has 21 heavy (non-hydrogen) atoms. The largest absolute Gasteiger partial charge is 0.298 e. The summed E-state index contributed by atoms with van der Waals surface area (Å²) in [4.78, 5) is 16.4. The molecule has 0 radical (unpaired) electrons. The number of fused-ring (bicyclic) bond motifs is 1. The van der Waals surface area contributed by atoms with Crippen molar-refractivity contribution < 1.29 is 9.18 Å². The molecular weight excluding hydrogens is 334 g/mol. The zero-order valence-corrected chi connectivity index (χ0v) is 12.7. The van der Waals surface area contributed by atoms with E-state index in [1.165, 1.54) is 23.5 Å². The molecule has 3 rings (SSSR count). The topological polar surface area (TPSA) is 42.0 Å². The second-order valence-electron chi connectivity index (χ2n) is 4.21. The van der Waals surface area contributed by atoms with Gasteiger partial charge in [-0.3, -0.25) is 10.1 Å². The molecule has 3 nitrogen and oxygen atoms in total. The monoisotopic (exact) mass is 340 g/mol. The Morgan fingerprint density at radius 3 is 2.76 bits per heavy atom. The molecule has 2 aromatic carbocycles. The lowest BCUT2D eigenvalue weighted by molar-refractivity contribution is 0.102. The summed E-state index contributed by atoms with van der Waals surface area (Å²) >= 11 is 13.1. The molecule has 1 heterocycles. The van der Waals surface area contributed by atoms with Crippen molar-refractivity contribution in [3.63, 3.8) is 0 Å². The standard InChI is InChI=1S/C14H7Cl2FN2OS/c15-7-1-4-11-12(5-7)21-14(18-11)19-13(20)9-3-2-8(17)6-10(9)16/h1-6H,(H,18,19,20). The van der Waals surface area contributed by atoms with Gasteiger partial charge in [-0.1, -0.05) is 34.5 Å². The van der Waals surface area contributed by atoms with Crippen molar-refractivity contribution in [3.05, 3.63) is 57.8 Å². The predicted octanol–water partition coefficient (Wildman–Crippen LogP) is 4.99. The SMILES string of the molecule is O=C(Nc1nc2ccc(Cl)cc2s1)c1ccc(F)cc1Cl. The van der Waals surface area contributed by atoms with Gasteiger partial charge in [-0.05, 0) is 36.4 Å². The fourth-order valence-electron chi connectivity index (χ4n) is 1.79. The lowest BCUT2D eigenvalue weighted by Crippen LogP contribution is -2.12. The molecule has 0 aliphatic rings. The number of halogens is 3. The molecule has 106 valence electrons. The Bertz CT molecular complexity index is 850. The number of hydrogen-bond donors (Lipinski definition) is 1. The maximum absolute atomic E-state index is 13.0. The van der Waals surface area contributed by atoms with Crippen LogP contribution in [0.15, 0.2) is 36.4 Å². The van der Waals surface area contributed by atoms with Crippen LogP contribution in [0.5, 0.6) is 0 Å². The normalized spacial score (nSPS) is 10.8. The molecule has 0 spiro atoms.